The van der Waals surface area contributed by atoms with E-state index in [4.69, 9.17) is 4.74 Å². The minimum atomic E-state index is 0.841. The lowest BCUT2D eigenvalue weighted by Gasteiger charge is -2.05. The van der Waals surface area contributed by atoms with Crippen molar-refractivity contribution in [3.63, 3.8) is 0 Å². The third-order valence-electron chi connectivity index (χ3n) is 3.12. The van der Waals surface area contributed by atoms with Gasteiger partial charge in [0.2, 0.25) is 0 Å². The van der Waals surface area contributed by atoms with E-state index in [2.05, 4.69) is 82.8 Å². The second kappa shape index (κ2) is 5.11. The maximum atomic E-state index is 5.36. The molecule has 2 aromatic rings. The van der Waals surface area contributed by atoms with Gasteiger partial charge in [0.05, 0.1) is 17.1 Å². The van der Waals surface area contributed by atoms with Gasteiger partial charge in [-0.25, -0.2) is 0 Å². The molecule has 3 rings (SSSR count). The van der Waals surface area contributed by atoms with Crippen LogP contribution in [0.15, 0.2) is 43.5 Å². The fourth-order valence-corrected chi connectivity index (χ4v) is 4.28. The zero-order chi connectivity index (χ0) is 13.6. The molecule has 0 radical (unpaired) electrons. The zero-order valence-corrected chi connectivity index (χ0v) is 14.8. The molecule has 2 heterocycles. The number of aromatic nitrogens is 1. The first kappa shape index (κ1) is 13.5. The lowest BCUT2D eigenvalue weighted by atomic mass is 10.2. The number of hydrogen-bond acceptors (Lipinski definition) is 1. The molecule has 0 amide bonds. The molecule has 19 heavy (non-hydrogen) atoms. The van der Waals surface area contributed by atoms with Crippen molar-refractivity contribution in [1.82, 2.24) is 4.57 Å². The van der Waals surface area contributed by atoms with Gasteiger partial charge < -0.3 is 9.30 Å². The molecule has 98 valence electrons. The largest absolute Gasteiger partial charge is 0.496 e. The van der Waals surface area contributed by atoms with Crippen molar-refractivity contribution in [2.45, 2.75) is 6.42 Å². The number of ether oxygens (including phenoxy) is 1. The molecule has 0 bridgehead atoms. The highest BCUT2D eigenvalue weighted by Gasteiger charge is 2.15. The third-order valence-corrected chi connectivity index (χ3v) is 4.78. The minimum Gasteiger partial charge on any atom is -0.496 e. The van der Waals surface area contributed by atoms with Gasteiger partial charge in [-0.2, -0.15) is 0 Å². The zero-order valence-electron chi connectivity index (χ0n) is 10.1. The molecule has 2 nitrogen and oxygen atoms in total. The number of rotatable bonds is 1. The van der Waals surface area contributed by atoms with Crippen molar-refractivity contribution in [1.29, 1.82) is 0 Å². The summed E-state index contributed by atoms with van der Waals surface area (Å²) in [7, 11) is 1.69. The van der Waals surface area contributed by atoms with Crippen molar-refractivity contribution in [3.8, 4) is 0 Å². The Morgan fingerprint density at radius 3 is 2.68 bits per heavy atom. The summed E-state index contributed by atoms with van der Waals surface area (Å²) in [4.78, 5) is 0. The molecule has 0 fully saturated rings. The number of nitrogens with zero attached hydrogens (tertiary/aromatic N) is 1. The van der Waals surface area contributed by atoms with E-state index in [9.17, 15) is 0 Å². The van der Waals surface area contributed by atoms with Crippen molar-refractivity contribution in [2.24, 2.45) is 0 Å². The van der Waals surface area contributed by atoms with E-state index in [-0.39, 0.29) is 0 Å². The molecule has 1 aromatic carbocycles. The SMILES string of the molecule is COC1=CCc2cc3cc(Br)cc(Br)c3n2C=C1Br. The van der Waals surface area contributed by atoms with E-state index < -0.39 is 0 Å². The molecule has 0 spiro atoms. The van der Waals surface area contributed by atoms with Gasteiger partial charge in [0.1, 0.15) is 5.76 Å². The number of methoxy groups -OCH3 is 1. The molecule has 0 aliphatic carbocycles. The van der Waals surface area contributed by atoms with Gasteiger partial charge in [-0.05, 0) is 56.1 Å². The first-order valence-corrected chi connectivity index (χ1v) is 8.08. The van der Waals surface area contributed by atoms with Crippen LogP contribution in [-0.2, 0) is 11.2 Å². The van der Waals surface area contributed by atoms with Gasteiger partial charge >= 0.3 is 0 Å². The molecule has 0 unspecified atom stereocenters. The van der Waals surface area contributed by atoms with E-state index in [1.54, 1.807) is 7.11 Å². The van der Waals surface area contributed by atoms with Crippen molar-refractivity contribution in [3.05, 3.63) is 49.2 Å². The summed E-state index contributed by atoms with van der Waals surface area (Å²) in [6.07, 6.45) is 4.98. The topological polar surface area (TPSA) is 14.2 Å². The molecule has 1 aliphatic heterocycles. The lowest BCUT2D eigenvalue weighted by molar-refractivity contribution is 0.305. The molecular weight excluding hydrogens is 438 g/mol. The highest BCUT2D eigenvalue weighted by molar-refractivity contribution is 9.12. The van der Waals surface area contributed by atoms with Crippen LogP contribution in [-0.4, -0.2) is 11.7 Å². The Bertz CT molecular complexity index is 728. The van der Waals surface area contributed by atoms with Crippen LogP contribution in [0.2, 0.25) is 0 Å². The Kier molecular flexibility index (Phi) is 3.62. The second-order valence-electron chi connectivity index (χ2n) is 4.28. The summed E-state index contributed by atoms with van der Waals surface area (Å²) in [5.41, 5.74) is 2.40. The Balaban J connectivity index is 2.29. The Morgan fingerprint density at radius 1 is 1.16 bits per heavy atom. The van der Waals surface area contributed by atoms with Crippen LogP contribution < -0.4 is 0 Å². The summed E-state index contributed by atoms with van der Waals surface area (Å²) in [5, 5.41) is 1.21. The van der Waals surface area contributed by atoms with E-state index in [1.165, 1.54) is 16.6 Å². The van der Waals surface area contributed by atoms with Gasteiger partial charge in [0.15, 0.2) is 0 Å². The highest BCUT2D eigenvalue weighted by atomic mass is 79.9. The molecule has 0 atom stereocenters. The minimum absolute atomic E-state index is 0.841. The van der Waals surface area contributed by atoms with Gasteiger partial charge in [0, 0.05) is 32.6 Å². The average Bonchev–Trinajstić information content (AvgIpc) is 2.60. The van der Waals surface area contributed by atoms with Gasteiger partial charge in [-0.1, -0.05) is 15.9 Å². The summed E-state index contributed by atoms with van der Waals surface area (Å²) in [6, 6.07) is 6.40. The summed E-state index contributed by atoms with van der Waals surface area (Å²) in [6.45, 7) is 0. The van der Waals surface area contributed by atoms with Gasteiger partial charge in [0.25, 0.3) is 0 Å². The summed E-state index contributed by atoms with van der Waals surface area (Å²) >= 11 is 10.7. The van der Waals surface area contributed by atoms with E-state index in [0.717, 1.165) is 25.6 Å². The molecular formula is C14H10Br3NO. The van der Waals surface area contributed by atoms with E-state index in [1.807, 2.05) is 0 Å². The predicted octanol–water partition coefficient (Wildman–Crippen LogP) is 5.45. The number of hydrogen-bond donors (Lipinski definition) is 0. The van der Waals surface area contributed by atoms with Crippen molar-refractivity contribution in [2.75, 3.05) is 7.11 Å². The van der Waals surface area contributed by atoms with Crippen LogP contribution in [0.3, 0.4) is 0 Å². The molecule has 5 heteroatoms. The van der Waals surface area contributed by atoms with Crippen molar-refractivity contribution >= 4 is 64.9 Å². The molecule has 0 N–H and O–H groups in total. The van der Waals surface area contributed by atoms with Crippen LogP contribution in [0, 0.1) is 0 Å². The average molecular weight is 448 g/mol. The first-order chi connectivity index (χ1) is 9.10. The monoisotopic (exact) mass is 445 g/mol. The van der Waals surface area contributed by atoms with Gasteiger partial charge in [-0.15, -0.1) is 0 Å². The van der Waals surface area contributed by atoms with Gasteiger partial charge in [-0.3, -0.25) is 0 Å². The Morgan fingerprint density at radius 2 is 1.95 bits per heavy atom. The lowest BCUT2D eigenvalue weighted by Crippen LogP contribution is -1.92. The highest BCUT2D eigenvalue weighted by Crippen LogP contribution is 2.34. The third kappa shape index (κ3) is 2.32. The maximum absolute atomic E-state index is 5.36. The van der Waals surface area contributed by atoms with E-state index in [0.29, 0.717) is 0 Å². The maximum Gasteiger partial charge on any atom is 0.130 e. The van der Waals surface area contributed by atoms with E-state index >= 15 is 0 Å². The normalized spacial score (nSPS) is 14.7. The number of allylic oxidation sites excluding steroid dienone is 2. The number of halogens is 3. The molecule has 0 saturated heterocycles. The number of fused-ring (bicyclic) bond motifs is 3. The smallest absolute Gasteiger partial charge is 0.130 e. The second-order valence-corrected chi connectivity index (χ2v) is 6.91. The van der Waals surface area contributed by atoms with Crippen molar-refractivity contribution < 1.29 is 4.74 Å². The van der Waals surface area contributed by atoms with Crippen LogP contribution in [0.25, 0.3) is 17.1 Å². The molecule has 0 saturated carbocycles. The Labute approximate surface area is 136 Å². The quantitative estimate of drug-likeness (QED) is 0.567. The fraction of sp³-hybridized carbons (Fsp3) is 0.143. The standard InChI is InChI=1S/C14H10Br3NO/c1-19-13-3-2-10-5-8-4-9(15)6-11(16)14(8)18(10)7-12(13)17/h3-7H,2H2,1H3. The van der Waals surface area contributed by atoms with Crippen LogP contribution in [0.1, 0.15) is 5.69 Å². The summed E-state index contributed by atoms with van der Waals surface area (Å²) < 4.78 is 10.6. The van der Waals surface area contributed by atoms with Crippen LogP contribution >= 0.6 is 47.8 Å². The first-order valence-electron chi connectivity index (χ1n) is 5.71. The predicted molar refractivity (Wildman–Crippen MR) is 89.3 cm³/mol. The summed E-state index contributed by atoms with van der Waals surface area (Å²) in [5.74, 6) is 0.866. The van der Waals surface area contributed by atoms with Crippen LogP contribution in [0.4, 0.5) is 0 Å². The number of benzene rings is 1. The van der Waals surface area contributed by atoms with Crippen LogP contribution in [0.5, 0.6) is 0 Å². The molecule has 1 aliphatic rings. The molecule has 1 aromatic heterocycles. The Hall–Kier alpha value is -0.520. The fourth-order valence-electron chi connectivity index (χ4n) is 2.30.